The highest BCUT2D eigenvalue weighted by molar-refractivity contribution is 6.32. The average Bonchev–Trinajstić information content (AvgIpc) is 3.29. The molecule has 0 spiro atoms. The number of tetrazole rings is 1. The van der Waals surface area contributed by atoms with Gasteiger partial charge in [0.25, 0.3) is 0 Å². The molecule has 1 unspecified atom stereocenters. The van der Waals surface area contributed by atoms with Crippen LogP contribution < -0.4 is 11.1 Å². The first kappa shape index (κ1) is 21.8. The molecule has 0 radical (unpaired) electrons. The van der Waals surface area contributed by atoms with E-state index >= 15 is 0 Å². The Morgan fingerprint density at radius 1 is 1.36 bits per heavy atom. The van der Waals surface area contributed by atoms with E-state index in [1.165, 1.54) is 9.36 Å². The van der Waals surface area contributed by atoms with Crippen LogP contribution in [0.1, 0.15) is 36.8 Å². The molecular formula is C13H23BFN9O4. The quantitative estimate of drug-likeness (QED) is 0.211. The summed E-state index contributed by atoms with van der Waals surface area (Å²) in [6, 6.07) is -0.484. The molecular weight excluding hydrogens is 376 g/mol. The van der Waals surface area contributed by atoms with Crippen molar-refractivity contribution >= 4 is 13.2 Å². The highest BCUT2D eigenvalue weighted by Crippen LogP contribution is 2.13. The zero-order valence-corrected chi connectivity index (χ0v) is 15.2. The van der Waals surface area contributed by atoms with Crippen LogP contribution in [0.4, 0.5) is 4.39 Å². The van der Waals surface area contributed by atoms with Crippen molar-refractivity contribution in [1.82, 2.24) is 40.5 Å². The Balaban J connectivity index is 1.76. The van der Waals surface area contributed by atoms with Crippen LogP contribution in [0.15, 0.2) is 6.20 Å². The van der Waals surface area contributed by atoms with Gasteiger partial charge in [0, 0.05) is 6.61 Å². The zero-order chi connectivity index (χ0) is 20.4. The largest absolute Gasteiger partial charge is 0.633 e. The van der Waals surface area contributed by atoms with Crippen LogP contribution in [0, 0.1) is 0 Å². The minimum Gasteiger partial charge on any atom is -0.402 e. The van der Waals surface area contributed by atoms with E-state index in [1.54, 1.807) is 6.20 Å². The fourth-order valence-corrected chi connectivity index (χ4v) is 2.37. The maximum atomic E-state index is 12.2. The molecule has 0 aliphatic rings. The summed E-state index contributed by atoms with van der Waals surface area (Å²) in [5.41, 5.74) is 6.57. The lowest BCUT2D eigenvalue weighted by Gasteiger charge is -2.11. The Morgan fingerprint density at radius 3 is 2.93 bits per heavy atom. The Hall–Kier alpha value is -2.49. The summed E-state index contributed by atoms with van der Waals surface area (Å²) in [6.07, 6.45) is 3.32. The molecule has 2 heterocycles. The number of hydrogen-bond acceptors (Lipinski definition) is 10. The molecule has 0 aliphatic heterocycles. The topological polar surface area (TPSA) is 179 Å². The van der Waals surface area contributed by atoms with Crippen molar-refractivity contribution in [2.24, 2.45) is 5.73 Å². The molecule has 0 saturated carbocycles. The van der Waals surface area contributed by atoms with Gasteiger partial charge >= 0.3 is 7.32 Å². The molecule has 2 aromatic heterocycles. The number of rotatable bonds is 13. The fraction of sp³-hybridized carbons (Fsp3) is 0.692. The predicted octanol–water partition coefficient (Wildman–Crippen LogP) is -2.29. The number of aryl methyl sites for hydroxylation is 1. The summed E-state index contributed by atoms with van der Waals surface area (Å²) in [7, 11) is -1.78. The summed E-state index contributed by atoms with van der Waals surface area (Å²) < 4.78 is 19.5. The summed E-state index contributed by atoms with van der Waals surface area (Å²) >= 11 is 0. The van der Waals surface area contributed by atoms with Gasteiger partial charge in [0.05, 0.1) is 25.3 Å². The summed E-state index contributed by atoms with van der Waals surface area (Å²) in [5.74, 6) is 0.0262. The van der Waals surface area contributed by atoms with Crippen molar-refractivity contribution in [2.75, 3.05) is 13.3 Å². The van der Waals surface area contributed by atoms with E-state index in [0.29, 0.717) is 30.8 Å². The molecule has 1 atom stereocenters. The molecule has 5 N–H and O–H groups in total. The lowest BCUT2D eigenvalue weighted by molar-refractivity contribution is -0.122. The van der Waals surface area contributed by atoms with Crippen LogP contribution in [0.5, 0.6) is 0 Å². The summed E-state index contributed by atoms with van der Waals surface area (Å²) in [6.45, 7) is -0.221. The standard InChI is InChI=1S/C13H23BFN9O4/c15-4-5-23-8-10(18-21-23)7-17-12(25)9-24-13(19-20-22-24)11(16)3-1-2-6-28-14(26)27/h8,11,26-27H,1-7,9,16H2,(H,17,25). The number of amides is 1. The van der Waals surface area contributed by atoms with Crippen LogP contribution in [-0.4, -0.2) is 71.8 Å². The van der Waals surface area contributed by atoms with Gasteiger partial charge in [-0.15, -0.1) is 10.2 Å². The van der Waals surface area contributed by atoms with Crippen molar-refractivity contribution in [3.05, 3.63) is 17.7 Å². The molecule has 0 aromatic carbocycles. The number of unbranched alkanes of at least 4 members (excludes halogenated alkanes) is 1. The second kappa shape index (κ2) is 11.4. The minimum absolute atomic E-state index is 0.111. The number of aromatic nitrogens is 7. The Bertz CT molecular complexity index is 728. The number of carbonyl (C=O) groups excluding carboxylic acids is 1. The second-order valence-corrected chi connectivity index (χ2v) is 5.93. The van der Waals surface area contributed by atoms with E-state index in [0.717, 1.165) is 0 Å². The Labute approximate surface area is 160 Å². The highest BCUT2D eigenvalue weighted by atomic mass is 19.1. The molecule has 0 aliphatic carbocycles. The molecule has 28 heavy (non-hydrogen) atoms. The molecule has 1 amide bonds. The minimum atomic E-state index is -1.78. The second-order valence-electron chi connectivity index (χ2n) is 5.93. The van der Waals surface area contributed by atoms with Crippen LogP contribution in [0.3, 0.4) is 0 Å². The fourth-order valence-electron chi connectivity index (χ4n) is 2.37. The highest BCUT2D eigenvalue weighted by Gasteiger charge is 2.17. The first-order valence-corrected chi connectivity index (χ1v) is 8.70. The molecule has 0 bridgehead atoms. The van der Waals surface area contributed by atoms with Gasteiger partial charge in [-0.05, 0) is 29.7 Å². The molecule has 15 heteroatoms. The van der Waals surface area contributed by atoms with E-state index in [2.05, 4.69) is 35.8 Å². The smallest absolute Gasteiger partial charge is 0.402 e. The summed E-state index contributed by atoms with van der Waals surface area (Å²) in [4.78, 5) is 12.1. The lowest BCUT2D eigenvalue weighted by atomic mass is 10.1. The third-order valence-corrected chi connectivity index (χ3v) is 3.73. The van der Waals surface area contributed by atoms with Crippen molar-refractivity contribution in [2.45, 2.75) is 44.9 Å². The van der Waals surface area contributed by atoms with Crippen LogP contribution in [0.2, 0.25) is 0 Å². The van der Waals surface area contributed by atoms with Gasteiger partial charge in [-0.1, -0.05) is 5.21 Å². The number of halogens is 1. The first-order chi connectivity index (χ1) is 13.5. The number of nitrogens with zero attached hydrogens (tertiary/aromatic N) is 7. The molecule has 0 saturated heterocycles. The van der Waals surface area contributed by atoms with Crippen molar-refractivity contribution in [3.63, 3.8) is 0 Å². The Morgan fingerprint density at radius 2 is 2.18 bits per heavy atom. The van der Waals surface area contributed by atoms with E-state index in [9.17, 15) is 9.18 Å². The average molecular weight is 399 g/mol. The number of nitrogens with one attached hydrogen (secondary N) is 1. The van der Waals surface area contributed by atoms with Crippen molar-refractivity contribution in [1.29, 1.82) is 0 Å². The maximum absolute atomic E-state index is 12.2. The number of nitrogens with two attached hydrogens (primary N) is 1. The monoisotopic (exact) mass is 399 g/mol. The van der Waals surface area contributed by atoms with Gasteiger partial charge in [-0.3, -0.25) is 4.79 Å². The number of alkyl halides is 1. The van der Waals surface area contributed by atoms with Crippen molar-refractivity contribution in [3.8, 4) is 0 Å². The maximum Gasteiger partial charge on any atom is 0.633 e. The SMILES string of the molecule is NC(CCCCOB(O)O)c1nnnn1CC(=O)NCc1cn(CCF)nn1. The van der Waals surface area contributed by atoms with Gasteiger partial charge in [0.2, 0.25) is 5.91 Å². The van der Waals surface area contributed by atoms with Gasteiger partial charge < -0.3 is 25.8 Å². The van der Waals surface area contributed by atoms with E-state index in [1.807, 2.05) is 0 Å². The molecule has 154 valence electrons. The third-order valence-electron chi connectivity index (χ3n) is 3.73. The summed E-state index contributed by atoms with van der Waals surface area (Å²) in [5, 5.41) is 38.6. The molecule has 13 nitrogen and oxygen atoms in total. The lowest BCUT2D eigenvalue weighted by Crippen LogP contribution is -2.29. The molecule has 0 fully saturated rings. The van der Waals surface area contributed by atoms with Crippen LogP contribution >= 0.6 is 0 Å². The van der Waals surface area contributed by atoms with Gasteiger partial charge in [-0.25, -0.2) is 13.8 Å². The van der Waals surface area contributed by atoms with Gasteiger partial charge in [0.15, 0.2) is 5.82 Å². The third kappa shape index (κ3) is 7.26. The van der Waals surface area contributed by atoms with Crippen molar-refractivity contribution < 1.29 is 23.9 Å². The molecule has 2 aromatic rings. The normalized spacial score (nSPS) is 12.1. The predicted molar refractivity (Wildman–Crippen MR) is 92.6 cm³/mol. The first-order valence-electron chi connectivity index (χ1n) is 8.70. The molecule has 2 rings (SSSR count). The number of hydrogen-bond donors (Lipinski definition) is 4. The van der Waals surface area contributed by atoms with Gasteiger partial charge in [-0.2, -0.15) is 0 Å². The van der Waals surface area contributed by atoms with Gasteiger partial charge in [0.1, 0.15) is 18.9 Å². The van der Waals surface area contributed by atoms with E-state index in [4.69, 9.17) is 15.8 Å². The Kier molecular flexibility index (Phi) is 8.86. The number of carbonyl (C=O) groups is 1. The van der Waals surface area contributed by atoms with Crippen LogP contribution in [-0.2, 0) is 29.1 Å². The van der Waals surface area contributed by atoms with E-state index in [-0.39, 0.29) is 32.1 Å². The van der Waals surface area contributed by atoms with Crippen LogP contribution in [0.25, 0.3) is 0 Å². The van der Waals surface area contributed by atoms with E-state index < -0.39 is 20.0 Å². The zero-order valence-electron chi connectivity index (χ0n) is 15.2.